The molecule has 14 nitrogen and oxygen atoms in total. The van der Waals surface area contributed by atoms with Gasteiger partial charge in [0.25, 0.3) is 0 Å². The summed E-state index contributed by atoms with van der Waals surface area (Å²) in [6.07, 6.45) is -9.38. The van der Waals surface area contributed by atoms with Crippen LogP contribution in [0.5, 0.6) is 17.2 Å². The molecule has 2 saturated heterocycles. The van der Waals surface area contributed by atoms with Crippen LogP contribution >= 0.6 is 0 Å². The van der Waals surface area contributed by atoms with Crippen molar-refractivity contribution in [2.45, 2.75) is 81.3 Å². The van der Waals surface area contributed by atoms with Crippen LogP contribution in [-0.4, -0.2) is 120 Å². The maximum atomic E-state index is 11.8. The third-order valence-corrected chi connectivity index (χ3v) is 6.51. The molecular formula is C23H34O14. The van der Waals surface area contributed by atoms with Crippen molar-refractivity contribution in [2.24, 2.45) is 0 Å². The van der Waals surface area contributed by atoms with E-state index in [2.05, 4.69) is 0 Å². The fourth-order valence-electron chi connectivity index (χ4n) is 4.18. The average Bonchev–Trinajstić information content (AvgIpc) is 3.16. The summed E-state index contributed by atoms with van der Waals surface area (Å²) in [5.74, 6) is -3.45. The fourth-order valence-corrected chi connectivity index (χ4v) is 4.18. The van der Waals surface area contributed by atoms with Crippen LogP contribution in [0.2, 0.25) is 0 Å². The number of hydrogen-bond donors (Lipinski definition) is 9. The third kappa shape index (κ3) is 6.08. The molecule has 2 fully saturated rings. The Morgan fingerprint density at radius 3 is 2.41 bits per heavy atom. The maximum Gasteiger partial charge on any atom is 0.336 e. The topological polar surface area (TPSA) is 236 Å². The zero-order chi connectivity index (χ0) is 27.5. The quantitative estimate of drug-likeness (QED) is 0.112. The number of carbonyl (C=O) groups is 1. The van der Waals surface area contributed by atoms with Gasteiger partial charge in [0.05, 0.1) is 25.4 Å². The number of hydrogen-bond acceptors (Lipinski definition) is 13. The number of phenolic OH excluding ortho intramolecular Hbond substituents is 2. The van der Waals surface area contributed by atoms with Gasteiger partial charge in [0.15, 0.2) is 17.8 Å². The van der Waals surface area contributed by atoms with E-state index in [1.54, 1.807) is 0 Å². The molecule has 2 aliphatic rings. The summed E-state index contributed by atoms with van der Waals surface area (Å²) in [6.45, 7) is 0.165. The summed E-state index contributed by atoms with van der Waals surface area (Å²) >= 11 is 0. The number of aromatic carboxylic acids is 1. The first-order valence-corrected chi connectivity index (χ1v) is 11.9. The minimum Gasteiger partial charge on any atom is -0.504 e. The van der Waals surface area contributed by atoms with Crippen LogP contribution in [0.15, 0.2) is 6.07 Å². The van der Waals surface area contributed by atoms with E-state index in [0.717, 1.165) is 18.9 Å². The van der Waals surface area contributed by atoms with E-state index < -0.39 is 91.7 Å². The van der Waals surface area contributed by atoms with Crippen LogP contribution in [0.4, 0.5) is 0 Å². The molecule has 0 radical (unpaired) electrons. The van der Waals surface area contributed by atoms with Crippen LogP contribution in [0.25, 0.3) is 0 Å². The molecule has 2 heterocycles. The van der Waals surface area contributed by atoms with E-state index in [4.69, 9.17) is 18.9 Å². The molecule has 0 amide bonds. The zero-order valence-electron chi connectivity index (χ0n) is 20.1. The highest BCUT2D eigenvalue weighted by molar-refractivity contribution is 5.91. The number of benzene rings is 1. The van der Waals surface area contributed by atoms with Gasteiger partial charge in [-0.15, -0.1) is 0 Å². The van der Waals surface area contributed by atoms with E-state index in [-0.39, 0.29) is 17.5 Å². The molecule has 1 aromatic carbocycles. The molecule has 210 valence electrons. The largest absolute Gasteiger partial charge is 0.504 e. The van der Waals surface area contributed by atoms with E-state index in [9.17, 15) is 50.8 Å². The molecule has 0 bridgehead atoms. The first kappa shape index (κ1) is 29.3. The Morgan fingerprint density at radius 2 is 1.81 bits per heavy atom. The van der Waals surface area contributed by atoms with Crippen molar-refractivity contribution in [2.75, 3.05) is 19.8 Å². The fraction of sp³-hybridized carbons (Fsp3) is 0.696. The summed E-state index contributed by atoms with van der Waals surface area (Å²) in [6, 6.07) is 0.875. The van der Waals surface area contributed by atoms with E-state index in [1.165, 1.54) is 0 Å². The Labute approximate surface area is 211 Å². The summed E-state index contributed by atoms with van der Waals surface area (Å²) in [5.41, 5.74) is -2.26. The Kier molecular flexibility index (Phi) is 9.55. The van der Waals surface area contributed by atoms with Gasteiger partial charge in [-0.3, -0.25) is 0 Å². The molecule has 37 heavy (non-hydrogen) atoms. The number of phenols is 2. The number of aliphatic hydroxyl groups excluding tert-OH is 5. The lowest BCUT2D eigenvalue weighted by Gasteiger charge is -2.40. The summed E-state index contributed by atoms with van der Waals surface area (Å²) in [4.78, 5) is 11.8. The number of unbranched alkanes of at least 4 members (excludes halogenated alkanes) is 2. The van der Waals surface area contributed by atoms with Gasteiger partial charge in [0, 0.05) is 5.56 Å². The van der Waals surface area contributed by atoms with Crippen LogP contribution in [0.1, 0.15) is 42.1 Å². The first-order chi connectivity index (χ1) is 17.4. The maximum absolute atomic E-state index is 11.8. The monoisotopic (exact) mass is 534 g/mol. The second kappa shape index (κ2) is 12.1. The zero-order valence-corrected chi connectivity index (χ0v) is 20.1. The van der Waals surface area contributed by atoms with Gasteiger partial charge in [-0.05, 0) is 18.9 Å². The smallest absolute Gasteiger partial charge is 0.336 e. The van der Waals surface area contributed by atoms with Gasteiger partial charge in [-0.2, -0.15) is 0 Å². The van der Waals surface area contributed by atoms with Crippen molar-refractivity contribution in [3.63, 3.8) is 0 Å². The summed E-state index contributed by atoms with van der Waals surface area (Å²) in [7, 11) is 0. The second-order valence-corrected chi connectivity index (χ2v) is 9.21. The standard InChI is InChI=1S/C23H34O14/c1-2-3-4-5-10-11(20(31)32)6-12(25)14(26)18(10)37-21-17(29)16(28)15(27)13(36-21)7-34-22-19(30)23(33,8-24)9-35-22/h6,13,15-17,19,21-22,24-30,33H,2-5,7-9H2,1H3,(H,31,32)/t13-,15-,16+,17-,19+,21+,22-,23-/m1/s1. The van der Waals surface area contributed by atoms with Crippen molar-refractivity contribution in [3.8, 4) is 17.2 Å². The second-order valence-electron chi connectivity index (χ2n) is 9.21. The summed E-state index contributed by atoms with van der Waals surface area (Å²) < 4.78 is 21.6. The first-order valence-electron chi connectivity index (χ1n) is 11.9. The minimum atomic E-state index is -1.96. The predicted molar refractivity (Wildman–Crippen MR) is 121 cm³/mol. The molecule has 1 aromatic rings. The van der Waals surface area contributed by atoms with Crippen molar-refractivity contribution in [1.29, 1.82) is 0 Å². The number of carboxylic acids is 1. The lowest BCUT2D eigenvalue weighted by molar-refractivity contribution is -0.289. The predicted octanol–water partition coefficient (Wildman–Crippen LogP) is -1.83. The Bertz CT molecular complexity index is 941. The highest BCUT2D eigenvalue weighted by Gasteiger charge is 2.50. The minimum absolute atomic E-state index is 0.0335. The van der Waals surface area contributed by atoms with Gasteiger partial charge in [-0.1, -0.05) is 19.8 Å². The third-order valence-electron chi connectivity index (χ3n) is 6.51. The van der Waals surface area contributed by atoms with Crippen molar-refractivity contribution in [1.82, 2.24) is 0 Å². The molecule has 2 aliphatic heterocycles. The SMILES string of the molecule is CCCCCc1c(C(=O)O)cc(O)c(O)c1O[C@@H]1O[C@H](CO[C@@H]2OC[C@](O)(CO)[C@H]2O)[C@@H](O)[C@H](O)[C@H]1O. The van der Waals surface area contributed by atoms with E-state index in [1.807, 2.05) is 6.92 Å². The normalized spacial score (nSPS) is 34.0. The molecular weight excluding hydrogens is 500 g/mol. The Morgan fingerprint density at radius 1 is 1.11 bits per heavy atom. The molecule has 14 heteroatoms. The van der Waals surface area contributed by atoms with Gasteiger partial charge in [0.1, 0.15) is 36.1 Å². The highest BCUT2D eigenvalue weighted by atomic mass is 16.7. The lowest BCUT2D eigenvalue weighted by Crippen LogP contribution is -2.60. The van der Waals surface area contributed by atoms with Crippen LogP contribution in [0, 0.1) is 0 Å². The lowest BCUT2D eigenvalue weighted by atomic mass is 9.97. The van der Waals surface area contributed by atoms with Crippen molar-refractivity contribution < 1.29 is 69.7 Å². The molecule has 9 N–H and O–H groups in total. The summed E-state index contributed by atoms with van der Waals surface area (Å²) in [5, 5.41) is 90.7. The highest BCUT2D eigenvalue weighted by Crippen LogP contribution is 2.43. The number of ether oxygens (including phenoxy) is 4. The number of rotatable bonds is 11. The molecule has 3 rings (SSSR count). The Balaban J connectivity index is 1.82. The molecule has 0 aliphatic carbocycles. The van der Waals surface area contributed by atoms with Crippen LogP contribution < -0.4 is 4.74 Å². The van der Waals surface area contributed by atoms with Gasteiger partial charge in [0.2, 0.25) is 12.0 Å². The average molecular weight is 535 g/mol. The molecule has 0 saturated carbocycles. The van der Waals surface area contributed by atoms with E-state index in [0.29, 0.717) is 6.42 Å². The molecule has 8 atom stereocenters. The molecule has 0 unspecified atom stereocenters. The van der Waals surface area contributed by atoms with Crippen LogP contribution in [0.3, 0.4) is 0 Å². The molecule has 0 aromatic heterocycles. The number of carboxylic acid groups (broad SMARTS) is 1. The van der Waals surface area contributed by atoms with Crippen LogP contribution in [-0.2, 0) is 20.6 Å². The number of aliphatic hydroxyl groups is 6. The van der Waals surface area contributed by atoms with E-state index >= 15 is 0 Å². The van der Waals surface area contributed by atoms with Gasteiger partial charge in [-0.25, -0.2) is 4.79 Å². The number of aromatic hydroxyl groups is 2. The molecule has 0 spiro atoms. The van der Waals surface area contributed by atoms with Crippen molar-refractivity contribution >= 4 is 5.97 Å². The Hall–Kier alpha value is -2.27. The van der Waals surface area contributed by atoms with Crippen molar-refractivity contribution in [3.05, 3.63) is 17.2 Å². The van der Waals surface area contributed by atoms with Gasteiger partial charge >= 0.3 is 5.97 Å². The van der Waals surface area contributed by atoms with Gasteiger partial charge < -0.3 is 64.9 Å².